The first-order valence-electron chi connectivity index (χ1n) is 12.3. The van der Waals surface area contributed by atoms with Gasteiger partial charge < -0.3 is 19.2 Å². The van der Waals surface area contributed by atoms with E-state index in [-0.39, 0.29) is 12.4 Å². The fourth-order valence-corrected chi connectivity index (χ4v) is 5.24. The predicted octanol–water partition coefficient (Wildman–Crippen LogP) is 6.25. The van der Waals surface area contributed by atoms with E-state index in [1.165, 1.54) is 23.6 Å². The Kier molecular flexibility index (Phi) is 6.60. The van der Waals surface area contributed by atoms with Gasteiger partial charge in [0.1, 0.15) is 23.4 Å². The molecule has 0 fully saturated rings. The molecule has 0 radical (unpaired) electrons. The molecular weight excluding hydrogens is 535 g/mol. The first-order chi connectivity index (χ1) is 19.4. The number of fused-ring (bicyclic) bond motifs is 3. The number of benzene rings is 2. The highest BCUT2D eigenvalue weighted by Gasteiger charge is 2.17. The highest BCUT2D eigenvalue weighted by atomic mass is 32.1. The molecule has 0 aliphatic heterocycles. The zero-order valence-electron chi connectivity index (χ0n) is 21.7. The van der Waals surface area contributed by atoms with Crippen LogP contribution in [0.25, 0.3) is 42.9 Å². The normalized spacial score (nSPS) is 12.1. The van der Waals surface area contributed by atoms with Crippen molar-refractivity contribution in [2.24, 2.45) is 0 Å². The van der Waals surface area contributed by atoms with Crippen molar-refractivity contribution >= 4 is 55.4 Å². The number of halogens is 1. The summed E-state index contributed by atoms with van der Waals surface area (Å²) in [5.41, 5.74) is 4.85. The summed E-state index contributed by atoms with van der Waals surface area (Å²) in [6.45, 7) is 3.58. The Bertz CT molecular complexity index is 1890. The Labute approximate surface area is 231 Å². The van der Waals surface area contributed by atoms with Gasteiger partial charge in [0.05, 0.1) is 46.4 Å². The number of nitrogens with zero attached hydrogens (tertiary/aromatic N) is 4. The summed E-state index contributed by atoms with van der Waals surface area (Å²) < 4.78 is 31.9. The van der Waals surface area contributed by atoms with Gasteiger partial charge >= 0.3 is 6.09 Å². The third-order valence-electron chi connectivity index (χ3n) is 6.08. The summed E-state index contributed by atoms with van der Waals surface area (Å²) in [5, 5.41) is 4.18. The molecule has 12 heteroatoms. The molecule has 0 spiro atoms. The van der Waals surface area contributed by atoms with Gasteiger partial charge in [0.2, 0.25) is 5.88 Å². The van der Waals surface area contributed by atoms with Gasteiger partial charge in [0.15, 0.2) is 11.6 Å². The molecular formula is C28H23FN6O4S. The molecule has 2 aromatic carbocycles. The van der Waals surface area contributed by atoms with Crippen molar-refractivity contribution in [2.75, 3.05) is 19.0 Å². The van der Waals surface area contributed by atoms with Crippen molar-refractivity contribution in [3.8, 4) is 22.2 Å². The Morgan fingerprint density at radius 3 is 2.85 bits per heavy atom. The van der Waals surface area contributed by atoms with Crippen molar-refractivity contribution in [1.29, 1.82) is 0 Å². The standard InChI is InChI=1S/C28H23FN6O4S/c1-14-6-18(25-21(7-14)34-24(37-3)12-31-25)27-35-20-9-19(29)22(10-23(20)40-27)38-13-15(2)39-28(36)33-17-8-16-4-5-30-26(16)32-11-17/h4-12,15H,13H2,1-3H3,(H,30,32)(H,33,36). The lowest BCUT2D eigenvalue weighted by atomic mass is 10.1. The molecule has 1 amide bonds. The van der Waals surface area contributed by atoms with Crippen LogP contribution < -0.4 is 14.8 Å². The second-order valence-corrected chi connectivity index (χ2v) is 10.2. The monoisotopic (exact) mass is 558 g/mol. The number of amides is 1. The number of hydrogen-bond acceptors (Lipinski definition) is 9. The van der Waals surface area contributed by atoms with Gasteiger partial charge in [-0.25, -0.2) is 29.1 Å². The Morgan fingerprint density at radius 1 is 1.12 bits per heavy atom. The summed E-state index contributed by atoms with van der Waals surface area (Å²) >= 11 is 1.39. The zero-order valence-corrected chi connectivity index (χ0v) is 22.5. The number of aryl methyl sites for hydroxylation is 1. The SMILES string of the molecule is COc1cnc2c(-c3nc4cc(F)c(OCC(C)OC(=O)Nc5cnc6[nH]ccc6c5)cc4s3)cc(C)cc2n1. The molecule has 0 bridgehead atoms. The molecule has 0 aliphatic carbocycles. The summed E-state index contributed by atoms with van der Waals surface area (Å²) in [4.78, 5) is 33.2. The van der Waals surface area contributed by atoms with E-state index >= 15 is 0 Å². The second-order valence-electron chi connectivity index (χ2n) is 9.15. The van der Waals surface area contributed by atoms with Crippen LogP contribution in [0.3, 0.4) is 0 Å². The quantitative estimate of drug-likeness (QED) is 0.235. The maximum absolute atomic E-state index is 14.9. The van der Waals surface area contributed by atoms with Gasteiger partial charge in [-0.3, -0.25) is 5.32 Å². The average molecular weight is 559 g/mol. The molecule has 1 atom stereocenters. The van der Waals surface area contributed by atoms with E-state index in [4.69, 9.17) is 14.2 Å². The van der Waals surface area contributed by atoms with E-state index in [0.717, 1.165) is 21.2 Å². The van der Waals surface area contributed by atoms with Crippen LogP contribution in [-0.2, 0) is 4.74 Å². The van der Waals surface area contributed by atoms with Crippen LogP contribution in [0.5, 0.6) is 11.6 Å². The minimum atomic E-state index is -0.665. The van der Waals surface area contributed by atoms with Gasteiger partial charge in [-0.05, 0) is 43.7 Å². The van der Waals surface area contributed by atoms with Crippen molar-refractivity contribution < 1.29 is 23.4 Å². The van der Waals surface area contributed by atoms with Crippen LogP contribution in [0, 0.1) is 12.7 Å². The molecule has 40 heavy (non-hydrogen) atoms. The highest BCUT2D eigenvalue weighted by Crippen LogP contribution is 2.37. The summed E-state index contributed by atoms with van der Waals surface area (Å²) in [7, 11) is 1.54. The maximum Gasteiger partial charge on any atom is 0.412 e. The average Bonchev–Trinajstić information content (AvgIpc) is 3.57. The second kappa shape index (κ2) is 10.4. The fourth-order valence-electron chi connectivity index (χ4n) is 4.24. The largest absolute Gasteiger partial charge is 0.487 e. The van der Waals surface area contributed by atoms with E-state index in [9.17, 15) is 9.18 Å². The predicted molar refractivity (Wildman–Crippen MR) is 151 cm³/mol. The van der Waals surface area contributed by atoms with Crippen LogP contribution in [0.15, 0.2) is 55.0 Å². The van der Waals surface area contributed by atoms with Crippen molar-refractivity contribution in [2.45, 2.75) is 20.0 Å². The summed E-state index contributed by atoms with van der Waals surface area (Å²) in [5.74, 6) is -0.104. The van der Waals surface area contributed by atoms with Crippen molar-refractivity contribution in [1.82, 2.24) is 24.9 Å². The van der Waals surface area contributed by atoms with Gasteiger partial charge in [-0.2, -0.15) is 0 Å². The molecule has 2 N–H and O–H groups in total. The minimum absolute atomic E-state index is 0.0410. The number of aromatic amines is 1. The Hall–Kier alpha value is -4.84. The van der Waals surface area contributed by atoms with Gasteiger partial charge in [-0.15, -0.1) is 11.3 Å². The number of anilines is 1. The number of aromatic nitrogens is 5. The molecule has 4 aromatic heterocycles. The lowest BCUT2D eigenvalue weighted by molar-refractivity contribution is 0.0844. The molecule has 1 unspecified atom stereocenters. The number of ether oxygens (including phenoxy) is 3. The van der Waals surface area contributed by atoms with Crippen LogP contribution in [0.1, 0.15) is 12.5 Å². The number of thiazole rings is 1. The fraction of sp³-hybridized carbons (Fsp3) is 0.179. The Balaban J connectivity index is 1.16. The van der Waals surface area contributed by atoms with E-state index in [0.29, 0.717) is 38.8 Å². The number of carbonyl (C=O) groups excluding carboxylic acids is 1. The van der Waals surface area contributed by atoms with Gasteiger partial charge in [0, 0.05) is 29.3 Å². The molecule has 202 valence electrons. The smallest absolute Gasteiger partial charge is 0.412 e. The first kappa shape index (κ1) is 25.4. The van der Waals surface area contributed by atoms with Crippen LogP contribution >= 0.6 is 11.3 Å². The third-order valence-corrected chi connectivity index (χ3v) is 7.13. The molecule has 10 nitrogen and oxygen atoms in total. The summed E-state index contributed by atoms with van der Waals surface area (Å²) in [6, 6.07) is 10.5. The third kappa shape index (κ3) is 5.08. The summed E-state index contributed by atoms with van der Waals surface area (Å²) in [6.07, 6.45) is 3.53. The molecule has 0 aliphatic rings. The molecule has 6 rings (SSSR count). The number of rotatable bonds is 7. The zero-order chi connectivity index (χ0) is 27.8. The number of pyridine rings is 1. The number of hydrogen-bond donors (Lipinski definition) is 2. The Morgan fingerprint density at radius 2 is 2.00 bits per heavy atom. The van der Waals surface area contributed by atoms with E-state index < -0.39 is 18.0 Å². The topological polar surface area (TPSA) is 124 Å². The molecule has 0 saturated carbocycles. The minimum Gasteiger partial charge on any atom is -0.487 e. The van der Waals surface area contributed by atoms with Gasteiger partial charge in [0.25, 0.3) is 0 Å². The molecule has 6 aromatic rings. The highest BCUT2D eigenvalue weighted by molar-refractivity contribution is 7.21. The number of nitrogens with one attached hydrogen (secondary N) is 2. The van der Waals surface area contributed by atoms with Crippen LogP contribution in [-0.4, -0.2) is 50.8 Å². The van der Waals surface area contributed by atoms with E-state index in [1.54, 1.807) is 38.6 Å². The number of carbonyl (C=O) groups is 1. The number of methoxy groups -OCH3 is 1. The lowest BCUT2D eigenvalue weighted by Gasteiger charge is -2.15. The maximum atomic E-state index is 14.9. The van der Waals surface area contributed by atoms with Crippen LogP contribution in [0.4, 0.5) is 14.9 Å². The van der Waals surface area contributed by atoms with E-state index in [2.05, 4.69) is 30.2 Å². The lowest BCUT2D eigenvalue weighted by Crippen LogP contribution is -2.25. The van der Waals surface area contributed by atoms with Crippen molar-refractivity contribution in [3.63, 3.8) is 0 Å². The number of H-pyrrole nitrogens is 1. The van der Waals surface area contributed by atoms with E-state index in [1.807, 2.05) is 25.1 Å². The first-order valence-corrected chi connectivity index (χ1v) is 13.1. The van der Waals surface area contributed by atoms with Gasteiger partial charge in [-0.1, -0.05) is 0 Å². The van der Waals surface area contributed by atoms with Crippen molar-refractivity contribution in [3.05, 3.63) is 66.4 Å². The van der Waals surface area contributed by atoms with Crippen LogP contribution in [0.2, 0.25) is 0 Å². The molecule has 4 heterocycles. The molecule has 0 saturated heterocycles.